The number of amidine groups is 1. The molecule has 16 heavy (non-hydrogen) atoms. The fourth-order valence-corrected chi connectivity index (χ4v) is 3.02. The van der Waals surface area contributed by atoms with Gasteiger partial charge in [-0.25, -0.2) is 0 Å². The van der Waals surface area contributed by atoms with Gasteiger partial charge < -0.3 is 4.90 Å². The van der Waals surface area contributed by atoms with Crippen LogP contribution in [0.2, 0.25) is 0 Å². The zero-order chi connectivity index (χ0) is 11.2. The van der Waals surface area contributed by atoms with Gasteiger partial charge in [0.1, 0.15) is 5.84 Å². The first kappa shape index (κ1) is 11.9. The minimum Gasteiger partial charge on any atom is -0.360 e. The Kier molecular flexibility index (Phi) is 4.68. The fraction of sp³-hybridized carbons (Fsp3) is 0.929. The van der Waals surface area contributed by atoms with Crippen molar-refractivity contribution in [2.45, 2.75) is 58.3 Å². The molecule has 1 fully saturated rings. The minimum atomic E-state index is 0.786. The lowest BCUT2D eigenvalue weighted by atomic mass is 9.94. The Morgan fingerprint density at radius 2 is 2.06 bits per heavy atom. The van der Waals surface area contributed by atoms with E-state index in [2.05, 4.69) is 11.8 Å². The third kappa shape index (κ3) is 2.99. The molecule has 2 rings (SSSR count). The maximum atomic E-state index is 4.81. The van der Waals surface area contributed by atoms with E-state index in [-0.39, 0.29) is 0 Å². The van der Waals surface area contributed by atoms with Gasteiger partial charge in [-0.05, 0) is 25.7 Å². The van der Waals surface area contributed by atoms with E-state index in [0.29, 0.717) is 0 Å². The molecule has 0 N–H and O–H groups in total. The smallest absolute Gasteiger partial charge is 0.102 e. The molecular weight excluding hydrogens is 196 g/mol. The molecule has 1 atom stereocenters. The van der Waals surface area contributed by atoms with Gasteiger partial charge in [0, 0.05) is 25.6 Å². The van der Waals surface area contributed by atoms with Crippen LogP contribution in [0.3, 0.4) is 0 Å². The van der Waals surface area contributed by atoms with Crippen LogP contribution >= 0.6 is 0 Å². The first-order chi connectivity index (χ1) is 7.92. The Hall–Kier alpha value is -0.530. The summed E-state index contributed by atoms with van der Waals surface area (Å²) in [6, 6.07) is 0. The van der Waals surface area contributed by atoms with Crippen LogP contribution in [-0.4, -0.2) is 30.4 Å². The van der Waals surface area contributed by atoms with Crippen LogP contribution in [0, 0.1) is 5.92 Å². The van der Waals surface area contributed by atoms with Crippen LogP contribution in [0.1, 0.15) is 58.3 Å². The molecular formula is C14H26N2. The normalized spacial score (nSPS) is 25.9. The molecule has 0 aromatic rings. The second-order valence-electron chi connectivity index (χ2n) is 5.27. The second kappa shape index (κ2) is 6.27. The number of rotatable bonds is 4. The van der Waals surface area contributed by atoms with Gasteiger partial charge in [-0.3, -0.25) is 4.99 Å². The van der Waals surface area contributed by atoms with Crippen LogP contribution in [-0.2, 0) is 0 Å². The highest BCUT2D eigenvalue weighted by molar-refractivity contribution is 5.85. The van der Waals surface area contributed by atoms with E-state index in [4.69, 9.17) is 4.99 Å². The zero-order valence-corrected chi connectivity index (χ0v) is 10.7. The molecule has 2 aliphatic heterocycles. The molecule has 0 aromatic heterocycles. The monoisotopic (exact) mass is 222 g/mol. The molecule has 92 valence electrons. The van der Waals surface area contributed by atoms with Crippen LogP contribution in [0.4, 0.5) is 0 Å². The summed E-state index contributed by atoms with van der Waals surface area (Å²) < 4.78 is 0. The Balaban J connectivity index is 1.94. The summed E-state index contributed by atoms with van der Waals surface area (Å²) >= 11 is 0. The van der Waals surface area contributed by atoms with Crippen molar-refractivity contribution in [2.75, 3.05) is 19.6 Å². The van der Waals surface area contributed by atoms with Gasteiger partial charge in [-0.15, -0.1) is 0 Å². The summed E-state index contributed by atoms with van der Waals surface area (Å²) in [5.74, 6) is 2.26. The van der Waals surface area contributed by atoms with Gasteiger partial charge in [0.2, 0.25) is 0 Å². The molecule has 2 heterocycles. The average molecular weight is 222 g/mol. The SMILES string of the molecule is CCCCCC1CCCCN2CCCN=C12. The summed E-state index contributed by atoms with van der Waals surface area (Å²) in [7, 11) is 0. The van der Waals surface area contributed by atoms with Gasteiger partial charge >= 0.3 is 0 Å². The lowest BCUT2D eigenvalue weighted by Crippen LogP contribution is -2.39. The first-order valence-corrected chi connectivity index (χ1v) is 7.21. The summed E-state index contributed by atoms with van der Waals surface area (Å²) in [6.07, 6.45) is 10.9. The van der Waals surface area contributed by atoms with Gasteiger partial charge in [-0.2, -0.15) is 0 Å². The number of hydrogen-bond acceptors (Lipinski definition) is 2. The summed E-state index contributed by atoms with van der Waals surface area (Å²) in [5, 5.41) is 0. The molecule has 0 radical (unpaired) electrons. The van der Waals surface area contributed by atoms with Gasteiger partial charge in [0.15, 0.2) is 0 Å². The van der Waals surface area contributed by atoms with Crippen LogP contribution in [0.15, 0.2) is 4.99 Å². The highest BCUT2D eigenvalue weighted by atomic mass is 15.2. The predicted octanol–water partition coefficient (Wildman–Crippen LogP) is 3.47. The van der Waals surface area contributed by atoms with Crippen LogP contribution in [0.5, 0.6) is 0 Å². The van der Waals surface area contributed by atoms with E-state index in [1.54, 1.807) is 0 Å². The minimum absolute atomic E-state index is 0.786. The lowest BCUT2D eigenvalue weighted by Gasteiger charge is -2.31. The van der Waals surface area contributed by atoms with E-state index in [1.807, 2.05) is 0 Å². The highest BCUT2D eigenvalue weighted by Crippen LogP contribution is 2.25. The molecule has 0 aromatic carbocycles. The first-order valence-electron chi connectivity index (χ1n) is 7.21. The number of aliphatic imine (C=N–C) groups is 1. The molecule has 2 heteroatoms. The van der Waals surface area contributed by atoms with E-state index >= 15 is 0 Å². The Morgan fingerprint density at radius 3 is 2.94 bits per heavy atom. The molecule has 0 amide bonds. The van der Waals surface area contributed by atoms with Crippen molar-refractivity contribution in [2.24, 2.45) is 10.9 Å². The third-order valence-corrected chi connectivity index (χ3v) is 3.94. The Morgan fingerprint density at radius 1 is 1.19 bits per heavy atom. The van der Waals surface area contributed by atoms with Gasteiger partial charge in [0.05, 0.1) is 0 Å². The number of nitrogens with zero attached hydrogens (tertiary/aromatic N) is 2. The maximum Gasteiger partial charge on any atom is 0.102 e. The summed E-state index contributed by atoms with van der Waals surface area (Å²) in [5.41, 5.74) is 0. The maximum absolute atomic E-state index is 4.81. The van der Waals surface area contributed by atoms with Crippen molar-refractivity contribution in [3.63, 3.8) is 0 Å². The lowest BCUT2D eigenvalue weighted by molar-refractivity contribution is 0.379. The number of hydrogen-bond donors (Lipinski definition) is 0. The van der Waals surface area contributed by atoms with Crippen molar-refractivity contribution < 1.29 is 0 Å². The average Bonchev–Trinajstić information content (AvgIpc) is 2.52. The number of fused-ring (bicyclic) bond motifs is 1. The summed E-state index contributed by atoms with van der Waals surface area (Å²) in [6.45, 7) is 5.90. The van der Waals surface area contributed by atoms with Crippen molar-refractivity contribution in [3.8, 4) is 0 Å². The van der Waals surface area contributed by atoms with Crippen molar-refractivity contribution >= 4 is 5.84 Å². The van der Waals surface area contributed by atoms with E-state index in [0.717, 1.165) is 12.5 Å². The largest absolute Gasteiger partial charge is 0.360 e. The molecule has 1 saturated heterocycles. The molecule has 1 unspecified atom stereocenters. The van der Waals surface area contributed by atoms with E-state index < -0.39 is 0 Å². The van der Waals surface area contributed by atoms with E-state index in [9.17, 15) is 0 Å². The van der Waals surface area contributed by atoms with Crippen LogP contribution < -0.4 is 0 Å². The van der Waals surface area contributed by atoms with Crippen molar-refractivity contribution in [1.29, 1.82) is 0 Å². The standard InChI is InChI=1S/C14H26N2/c1-2-3-4-8-13-9-5-6-11-16-12-7-10-15-14(13)16/h13H,2-12H2,1H3. The molecule has 0 saturated carbocycles. The van der Waals surface area contributed by atoms with Crippen LogP contribution in [0.25, 0.3) is 0 Å². The Labute approximate surface area is 100 Å². The topological polar surface area (TPSA) is 15.6 Å². The molecule has 2 nitrogen and oxygen atoms in total. The zero-order valence-electron chi connectivity index (χ0n) is 10.7. The second-order valence-corrected chi connectivity index (χ2v) is 5.27. The third-order valence-electron chi connectivity index (χ3n) is 3.94. The Bertz CT molecular complexity index is 235. The fourth-order valence-electron chi connectivity index (χ4n) is 3.02. The van der Waals surface area contributed by atoms with Gasteiger partial charge in [-0.1, -0.05) is 32.6 Å². The summed E-state index contributed by atoms with van der Waals surface area (Å²) in [4.78, 5) is 7.39. The molecule has 0 aliphatic carbocycles. The van der Waals surface area contributed by atoms with Gasteiger partial charge in [0.25, 0.3) is 0 Å². The van der Waals surface area contributed by atoms with Crippen molar-refractivity contribution in [3.05, 3.63) is 0 Å². The van der Waals surface area contributed by atoms with Crippen molar-refractivity contribution in [1.82, 2.24) is 4.90 Å². The molecule has 0 spiro atoms. The molecule has 2 aliphatic rings. The number of unbranched alkanes of at least 4 members (excludes halogenated alkanes) is 2. The quantitative estimate of drug-likeness (QED) is 0.665. The van der Waals surface area contributed by atoms with E-state index in [1.165, 1.54) is 70.3 Å². The predicted molar refractivity (Wildman–Crippen MR) is 70.0 cm³/mol. The highest BCUT2D eigenvalue weighted by Gasteiger charge is 2.25. The molecule has 0 bridgehead atoms.